The molecule has 2 aliphatic carbocycles. The van der Waals surface area contributed by atoms with Gasteiger partial charge in [-0.05, 0) is 0 Å². The Labute approximate surface area is 162 Å². The number of fused-ring (bicyclic) bond motifs is 1. The second-order valence-corrected chi connectivity index (χ2v) is 13.0. The topological polar surface area (TPSA) is 17.0 Å². The quantitative estimate of drug-likeness (QED) is 0.814. The molecule has 1 saturated carbocycles. The van der Waals surface area contributed by atoms with Gasteiger partial charge in [0.2, 0.25) is 0 Å². The third-order valence-corrected chi connectivity index (χ3v) is 10.7. The van der Waals surface area contributed by atoms with Crippen LogP contribution in [0.3, 0.4) is 0 Å². The van der Waals surface area contributed by atoms with Crippen molar-refractivity contribution >= 4 is 31.6 Å². The van der Waals surface area contributed by atoms with Crippen molar-refractivity contribution in [2.45, 2.75) is 55.0 Å². The molecule has 4 rings (SSSR count). The monoisotopic (exact) mass is 342 g/mol. The SMILES string of the molecule is [Li][C]1([Si](C)(C)NC2CCCCC2)C=C(n2cccc2)c2ccccc21. The zero-order valence-electron chi connectivity index (χ0n) is 15.8. The molecule has 1 unspecified atom stereocenters. The zero-order chi connectivity index (χ0) is 17.5. The van der Waals surface area contributed by atoms with E-state index in [1.807, 2.05) is 0 Å². The van der Waals surface area contributed by atoms with Crippen LogP contribution in [-0.2, 0) is 3.71 Å². The van der Waals surface area contributed by atoms with Crippen molar-refractivity contribution < 1.29 is 0 Å². The molecular weight excluding hydrogens is 315 g/mol. The van der Waals surface area contributed by atoms with E-state index in [9.17, 15) is 0 Å². The fourth-order valence-electron chi connectivity index (χ4n) is 4.72. The molecule has 0 bridgehead atoms. The summed E-state index contributed by atoms with van der Waals surface area (Å²) < 4.78 is 2.38. The molecule has 1 aromatic heterocycles. The van der Waals surface area contributed by atoms with Crippen LogP contribution in [0.1, 0.15) is 43.2 Å². The van der Waals surface area contributed by atoms with Crippen LogP contribution in [0.25, 0.3) is 5.70 Å². The molecule has 1 aromatic carbocycles. The fraction of sp³-hybridized carbons (Fsp3) is 0.429. The Balaban J connectivity index is 1.74. The van der Waals surface area contributed by atoms with E-state index >= 15 is 0 Å². The predicted molar refractivity (Wildman–Crippen MR) is 109 cm³/mol. The molecule has 1 N–H and O–H groups in total. The number of rotatable bonds is 4. The number of hydrogen-bond donors (Lipinski definition) is 1. The normalized spacial score (nSPS) is 24.2. The maximum atomic E-state index is 4.17. The van der Waals surface area contributed by atoms with Gasteiger partial charge in [0, 0.05) is 0 Å². The van der Waals surface area contributed by atoms with Gasteiger partial charge in [-0.15, -0.1) is 0 Å². The van der Waals surface area contributed by atoms with Gasteiger partial charge in [0.25, 0.3) is 0 Å². The molecular formula is C21H27LiN2Si. The van der Waals surface area contributed by atoms with E-state index in [2.05, 4.69) is 95.2 Å². The van der Waals surface area contributed by atoms with Crippen LogP contribution in [0.4, 0.5) is 0 Å². The molecule has 126 valence electrons. The van der Waals surface area contributed by atoms with Crippen molar-refractivity contribution in [3.63, 3.8) is 0 Å². The molecule has 25 heavy (non-hydrogen) atoms. The number of hydrogen-bond acceptors (Lipinski definition) is 1. The molecule has 0 saturated heterocycles. The minimum absolute atomic E-state index is 0.112. The van der Waals surface area contributed by atoms with E-state index < -0.39 is 8.24 Å². The minimum atomic E-state index is -1.73. The second kappa shape index (κ2) is 6.63. The van der Waals surface area contributed by atoms with Crippen LogP contribution in [0.2, 0.25) is 13.1 Å². The summed E-state index contributed by atoms with van der Waals surface area (Å²) in [5, 5.41) is 0. The molecule has 0 radical (unpaired) electrons. The van der Waals surface area contributed by atoms with Gasteiger partial charge in [-0.2, -0.15) is 0 Å². The van der Waals surface area contributed by atoms with Crippen LogP contribution in [-0.4, -0.2) is 36.6 Å². The molecule has 0 amide bonds. The van der Waals surface area contributed by atoms with E-state index in [4.69, 9.17) is 0 Å². The summed E-state index contributed by atoms with van der Waals surface area (Å²) in [4.78, 5) is 4.17. The maximum absolute atomic E-state index is 4.17. The Morgan fingerprint density at radius 3 is 2.44 bits per heavy atom. The van der Waals surface area contributed by atoms with Gasteiger partial charge in [-0.3, -0.25) is 0 Å². The van der Waals surface area contributed by atoms with E-state index in [1.54, 1.807) is 0 Å². The third-order valence-electron chi connectivity index (χ3n) is 6.54. The Morgan fingerprint density at radius 1 is 1.04 bits per heavy atom. The van der Waals surface area contributed by atoms with E-state index in [0.717, 1.165) is 0 Å². The average molecular weight is 342 g/mol. The number of nitrogens with one attached hydrogen (secondary N) is 1. The van der Waals surface area contributed by atoms with Crippen molar-refractivity contribution in [2.75, 3.05) is 0 Å². The summed E-state index contributed by atoms with van der Waals surface area (Å²) >= 11 is 2.46. The fourth-order valence-corrected chi connectivity index (χ4v) is 7.72. The Morgan fingerprint density at radius 2 is 1.72 bits per heavy atom. The standard InChI is InChI=1S/C21H27N2Si.Li/c1-24(2,22-17-10-4-3-5-11-17)21-16-20(23-14-8-9-15-23)18-12-6-7-13-19(18)21;/h6-9,12-17,22H,3-5,10-11H2,1-2H3;. The van der Waals surface area contributed by atoms with Crippen LogP contribution in [0, 0.1) is 0 Å². The van der Waals surface area contributed by atoms with Gasteiger partial charge in [0.05, 0.1) is 0 Å². The zero-order valence-corrected chi connectivity index (χ0v) is 16.8. The summed E-state index contributed by atoms with van der Waals surface area (Å²) in [5.41, 5.74) is 4.24. The van der Waals surface area contributed by atoms with Crippen molar-refractivity contribution in [1.82, 2.24) is 9.55 Å². The Kier molecular flexibility index (Phi) is 4.62. The van der Waals surface area contributed by atoms with E-state index in [0.29, 0.717) is 6.04 Å². The second-order valence-electron chi connectivity index (χ2n) is 8.47. The molecule has 2 aliphatic rings. The van der Waals surface area contributed by atoms with Gasteiger partial charge in [0.15, 0.2) is 0 Å². The van der Waals surface area contributed by atoms with Crippen molar-refractivity contribution in [3.8, 4) is 0 Å². The number of aromatic nitrogens is 1. The van der Waals surface area contributed by atoms with Crippen LogP contribution >= 0.6 is 0 Å². The third kappa shape index (κ3) is 3.02. The van der Waals surface area contributed by atoms with Crippen LogP contribution in [0.5, 0.6) is 0 Å². The molecule has 2 nitrogen and oxygen atoms in total. The number of allylic oxidation sites excluding steroid dienone is 1. The van der Waals surface area contributed by atoms with Gasteiger partial charge < -0.3 is 0 Å². The predicted octanol–water partition coefficient (Wildman–Crippen LogP) is 4.42. The van der Waals surface area contributed by atoms with Crippen molar-refractivity contribution in [2.24, 2.45) is 0 Å². The number of nitrogens with zero attached hydrogens (tertiary/aromatic N) is 1. The number of benzene rings is 1. The summed E-state index contributed by atoms with van der Waals surface area (Å²) in [6, 6.07) is 13.9. The molecule has 4 heteroatoms. The first kappa shape index (κ1) is 17.4. The molecule has 2 aromatic rings. The van der Waals surface area contributed by atoms with Gasteiger partial charge in [-0.1, -0.05) is 0 Å². The average Bonchev–Trinajstić information content (AvgIpc) is 3.23. The Hall–Kier alpha value is -0.986. The van der Waals surface area contributed by atoms with Crippen LogP contribution < -0.4 is 4.98 Å². The molecule has 0 aliphatic heterocycles. The molecule has 0 spiro atoms. The van der Waals surface area contributed by atoms with Crippen molar-refractivity contribution in [1.29, 1.82) is 0 Å². The summed E-state index contributed by atoms with van der Waals surface area (Å²) in [7, 11) is -1.73. The van der Waals surface area contributed by atoms with Crippen molar-refractivity contribution in [3.05, 3.63) is 66.0 Å². The Bertz CT molecular complexity index is 775. The summed E-state index contributed by atoms with van der Waals surface area (Å²) in [6.45, 7) is 5.04. The first-order chi connectivity index (χ1) is 12.0. The first-order valence-corrected chi connectivity index (χ1v) is 12.7. The summed E-state index contributed by atoms with van der Waals surface area (Å²) in [6.07, 6.45) is 13.8. The summed E-state index contributed by atoms with van der Waals surface area (Å²) in [5.74, 6) is 0. The van der Waals surface area contributed by atoms with E-state index in [-0.39, 0.29) is 3.71 Å². The molecule has 1 heterocycles. The van der Waals surface area contributed by atoms with E-state index in [1.165, 1.54) is 48.9 Å². The molecule has 1 fully saturated rings. The first-order valence-electron chi connectivity index (χ1n) is 9.75. The van der Waals surface area contributed by atoms with Crippen LogP contribution in [0.15, 0.2) is 54.9 Å². The van der Waals surface area contributed by atoms with Gasteiger partial charge in [-0.25, -0.2) is 0 Å². The molecule has 1 atom stereocenters. The van der Waals surface area contributed by atoms with Gasteiger partial charge >= 0.3 is 162 Å². The van der Waals surface area contributed by atoms with Gasteiger partial charge in [0.1, 0.15) is 0 Å².